The lowest BCUT2D eigenvalue weighted by molar-refractivity contribution is -0.00278. The van der Waals surface area contributed by atoms with E-state index in [9.17, 15) is 0 Å². The summed E-state index contributed by atoms with van der Waals surface area (Å²) < 4.78 is 0. The summed E-state index contributed by atoms with van der Waals surface area (Å²) in [5, 5.41) is 0. The molecule has 90 valence electrons. The number of aryl methyl sites for hydroxylation is 1. The van der Waals surface area contributed by atoms with E-state index < -0.39 is 0 Å². The van der Waals surface area contributed by atoms with Gasteiger partial charge >= 0.3 is 0 Å². The molecule has 1 aromatic carbocycles. The summed E-state index contributed by atoms with van der Waals surface area (Å²) in [4.78, 5) is 0. The zero-order valence-electron chi connectivity index (χ0n) is 10.7. The van der Waals surface area contributed by atoms with Crippen molar-refractivity contribution in [2.24, 2.45) is 23.7 Å². The molecule has 1 aromatic rings. The molecule has 4 aliphatic carbocycles. The number of hydrogen-bond acceptors (Lipinski definition) is 0. The predicted molar refractivity (Wildman–Crippen MR) is 71.0 cm³/mol. The van der Waals surface area contributed by atoms with Crippen LogP contribution in [0.1, 0.15) is 49.1 Å². The highest BCUT2D eigenvalue weighted by molar-refractivity contribution is 5.27. The summed E-state index contributed by atoms with van der Waals surface area (Å²) in [6.45, 7) is 2.20. The van der Waals surface area contributed by atoms with Gasteiger partial charge in [-0.05, 0) is 74.2 Å². The molecule has 0 atom stereocenters. The van der Waals surface area contributed by atoms with Gasteiger partial charge in [0, 0.05) is 0 Å². The van der Waals surface area contributed by atoms with Crippen molar-refractivity contribution in [3.05, 3.63) is 35.4 Å². The molecule has 17 heavy (non-hydrogen) atoms. The lowest BCUT2D eigenvalue weighted by atomic mass is 9.51. The molecular weight excluding hydrogens is 204 g/mol. The molecular formula is C17H22. The van der Waals surface area contributed by atoms with Gasteiger partial charge in [0.1, 0.15) is 0 Å². The summed E-state index contributed by atoms with van der Waals surface area (Å²) >= 11 is 0. The summed E-state index contributed by atoms with van der Waals surface area (Å²) in [5.74, 6) is 5.14. The first-order valence-corrected chi connectivity index (χ1v) is 7.36. The van der Waals surface area contributed by atoms with E-state index in [1.54, 1.807) is 12.0 Å². The highest BCUT2D eigenvalue weighted by Crippen LogP contribution is 2.59. The van der Waals surface area contributed by atoms with Crippen LogP contribution >= 0.6 is 0 Å². The van der Waals surface area contributed by atoms with Gasteiger partial charge in [-0.3, -0.25) is 0 Å². The lowest BCUT2D eigenvalue weighted by Gasteiger charge is -2.54. The van der Waals surface area contributed by atoms with Crippen molar-refractivity contribution in [3.63, 3.8) is 0 Å². The second-order valence-corrected chi connectivity index (χ2v) is 6.87. The molecule has 4 aliphatic rings. The van der Waals surface area contributed by atoms with Gasteiger partial charge in [-0.1, -0.05) is 29.8 Å². The van der Waals surface area contributed by atoms with E-state index >= 15 is 0 Å². The average Bonchev–Trinajstić information content (AvgIpc) is 2.30. The van der Waals surface area contributed by atoms with E-state index in [0.29, 0.717) is 0 Å². The molecule has 0 heterocycles. The first-order chi connectivity index (χ1) is 8.29. The van der Waals surface area contributed by atoms with E-state index in [1.165, 1.54) is 31.2 Å². The standard InChI is InChI=1S/C17H22/c1-11-2-4-14(5-3-11)17-15-7-12-6-13(9-15)10-16(17)8-12/h2-5,12-13,15-17H,6-10H2,1H3. The van der Waals surface area contributed by atoms with Crippen LogP contribution < -0.4 is 0 Å². The summed E-state index contributed by atoms with van der Waals surface area (Å²) in [7, 11) is 0. The fourth-order valence-electron chi connectivity index (χ4n) is 5.26. The van der Waals surface area contributed by atoms with Gasteiger partial charge < -0.3 is 0 Å². The van der Waals surface area contributed by atoms with Crippen LogP contribution in [-0.2, 0) is 0 Å². The minimum absolute atomic E-state index is 0.906. The van der Waals surface area contributed by atoms with E-state index in [-0.39, 0.29) is 0 Å². The molecule has 0 aliphatic heterocycles. The van der Waals surface area contributed by atoms with E-state index in [2.05, 4.69) is 31.2 Å². The molecule has 0 aromatic heterocycles. The zero-order valence-corrected chi connectivity index (χ0v) is 10.7. The van der Waals surface area contributed by atoms with Crippen molar-refractivity contribution in [2.45, 2.75) is 44.9 Å². The number of hydrogen-bond donors (Lipinski definition) is 0. The predicted octanol–water partition coefficient (Wildman–Crippen LogP) is 4.53. The summed E-state index contributed by atoms with van der Waals surface area (Å²) in [6, 6.07) is 9.42. The Bertz CT molecular complexity index is 386. The van der Waals surface area contributed by atoms with Gasteiger partial charge in [0.25, 0.3) is 0 Å². The van der Waals surface area contributed by atoms with Crippen LogP contribution in [0, 0.1) is 30.6 Å². The molecule has 0 N–H and O–H groups in total. The van der Waals surface area contributed by atoms with Gasteiger partial charge in [0.15, 0.2) is 0 Å². The van der Waals surface area contributed by atoms with Crippen LogP contribution in [0.3, 0.4) is 0 Å². The average molecular weight is 226 g/mol. The molecule has 0 saturated heterocycles. The van der Waals surface area contributed by atoms with Crippen molar-refractivity contribution in [1.29, 1.82) is 0 Å². The first-order valence-electron chi connectivity index (χ1n) is 7.36. The quantitative estimate of drug-likeness (QED) is 0.659. The minimum atomic E-state index is 0.906. The van der Waals surface area contributed by atoms with Crippen molar-refractivity contribution in [3.8, 4) is 0 Å². The fraction of sp³-hybridized carbons (Fsp3) is 0.647. The Balaban J connectivity index is 1.68. The number of rotatable bonds is 1. The molecule has 0 radical (unpaired) electrons. The van der Waals surface area contributed by atoms with Crippen molar-refractivity contribution in [1.82, 2.24) is 0 Å². The van der Waals surface area contributed by atoms with Gasteiger partial charge in [0.05, 0.1) is 0 Å². The molecule has 0 spiro atoms. The summed E-state index contributed by atoms with van der Waals surface area (Å²) in [5.41, 5.74) is 3.04. The molecule has 0 heteroatoms. The SMILES string of the molecule is Cc1ccc(C2C3CC4CC(C3)CC2C4)cc1. The van der Waals surface area contributed by atoms with Crippen LogP contribution in [-0.4, -0.2) is 0 Å². The first kappa shape index (κ1) is 10.2. The molecule has 4 saturated carbocycles. The van der Waals surface area contributed by atoms with Crippen LogP contribution in [0.4, 0.5) is 0 Å². The largest absolute Gasteiger partial charge is 0.0590 e. The number of benzene rings is 1. The molecule has 4 bridgehead atoms. The fourth-order valence-corrected chi connectivity index (χ4v) is 5.26. The third-order valence-corrected chi connectivity index (χ3v) is 5.69. The van der Waals surface area contributed by atoms with E-state index in [4.69, 9.17) is 0 Å². The Morgan fingerprint density at radius 3 is 1.82 bits per heavy atom. The van der Waals surface area contributed by atoms with Gasteiger partial charge in [-0.15, -0.1) is 0 Å². The molecule has 4 fully saturated rings. The van der Waals surface area contributed by atoms with Crippen LogP contribution in [0.5, 0.6) is 0 Å². The van der Waals surface area contributed by atoms with Crippen LogP contribution in [0.25, 0.3) is 0 Å². The maximum atomic E-state index is 2.41. The Kier molecular flexibility index (Phi) is 2.16. The van der Waals surface area contributed by atoms with E-state index in [0.717, 1.165) is 29.6 Å². The Morgan fingerprint density at radius 1 is 0.765 bits per heavy atom. The third-order valence-electron chi connectivity index (χ3n) is 5.69. The van der Waals surface area contributed by atoms with Crippen molar-refractivity contribution in [2.75, 3.05) is 0 Å². The maximum Gasteiger partial charge on any atom is -0.0105 e. The second kappa shape index (κ2) is 3.60. The van der Waals surface area contributed by atoms with Gasteiger partial charge in [0.2, 0.25) is 0 Å². The highest BCUT2D eigenvalue weighted by Gasteiger charge is 2.48. The molecule has 0 unspecified atom stereocenters. The second-order valence-electron chi connectivity index (χ2n) is 6.87. The maximum absolute atomic E-state index is 2.41. The van der Waals surface area contributed by atoms with Gasteiger partial charge in [-0.2, -0.15) is 0 Å². The minimum Gasteiger partial charge on any atom is -0.0590 e. The monoisotopic (exact) mass is 226 g/mol. The molecule has 5 rings (SSSR count). The molecule has 0 nitrogen and oxygen atoms in total. The zero-order chi connectivity index (χ0) is 11.4. The van der Waals surface area contributed by atoms with Crippen molar-refractivity contribution < 1.29 is 0 Å². The van der Waals surface area contributed by atoms with Crippen LogP contribution in [0.2, 0.25) is 0 Å². The summed E-state index contributed by atoms with van der Waals surface area (Å²) in [6.07, 6.45) is 7.70. The lowest BCUT2D eigenvalue weighted by Crippen LogP contribution is -2.43. The molecule has 0 amide bonds. The Morgan fingerprint density at radius 2 is 1.29 bits per heavy atom. The van der Waals surface area contributed by atoms with Crippen LogP contribution in [0.15, 0.2) is 24.3 Å². The van der Waals surface area contributed by atoms with Crippen molar-refractivity contribution >= 4 is 0 Å². The highest BCUT2D eigenvalue weighted by atomic mass is 14.5. The third kappa shape index (κ3) is 1.57. The van der Waals surface area contributed by atoms with Gasteiger partial charge in [-0.25, -0.2) is 0 Å². The Hall–Kier alpha value is -0.780. The topological polar surface area (TPSA) is 0 Å². The normalized spacial score (nSPS) is 43.0. The van der Waals surface area contributed by atoms with E-state index in [1.807, 2.05) is 0 Å². The Labute approximate surface area is 104 Å². The smallest absolute Gasteiger partial charge is 0.0105 e.